The fraction of sp³-hybridized carbons (Fsp3) is 0.0746. The Morgan fingerprint density at radius 2 is 0.652 bits per heavy atom. The quantitative estimate of drug-likeness (QED) is 0.156. The van der Waals surface area contributed by atoms with Crippen molar-refractivity contribution in [2.75, 3.05) is 0 Å². The van der Waals surface area contributed by atoms with E-state index in [4.69, 9.17) is 0 Å². The molecule has 69 heavy (non-hydrogen) atoms. The average Bonchev–Trinajstić information content (AvgIpc) is 4.27. The molecule has 2 nitrogen and oxygen atoms in total. The minimum Gasteiger partial charge on any atom is -0.307 e. The number of nitrogens with zero attached hydrogens (tertiary/aromatic N) is 2. The van der Waals surface area contributed by atoms with Crippen LogP contribution in [0.3, 0.4) is 0 Å². The lowest BCUT2D eigenvalue weighted by Crippen LogP contribution is -2.21. The number of fused-ring (bicyclic) bond motifs is 19. The lowest BCUT2D eigenvalue weighted by Gasteiger charge is -2.30. The summed E-state index contributed by atoms with van der Waals surface area (Å²) >= 11 is 0. The van der Waals surface area contributed by atoms with Crippen LogP contribution in [0.4, 0.5) is 0 Å². The monoisotopic (exact) mass is 874 g/mol. The van der Waals surface area contributed by atoms with Crippen LogP contribution < -0.4 is 0 Å². The van der Waals surface area contributed by atoms with Crippen molar-refractivity contribution in [1.82, 2.24) is 8.80 Å². The highest BCUT2D eigenvalue weighted by Gasteiger charge is 2.46. The summed E-state index contributed by atoms with van der Waals surface area (Å²) in [5.41, 5.74) is 21.3. The Balaban J connectivity index is 1.05. The topological polar surface area (TPSA) is 8.82 Å². The maximum absolute atomic E-state index is 2.57. The second-order valence-corrected chi connectivity index (χ2v) is 20.1. The van der Waals surface area contributed by atoms with E-state index in [1.165, 1.54) is 179 Å². The van der Waals surface area contributed by atoms with Gasteiger partial charge in [0.05, 0.1) is 33.1 Å². The van der Waals surface area contributed by atoms with Gasteiger partial charge in [-0.3, -0.25) is 0 Å². The smallest absolute Gasteiger partial charge is 0.0620 e. The lowest BCUT2D eigenvalue weighted by atomic mass is 9.73. The molecule has 0 unspecified atom stereocenters. The molecule has 320 valence electrons. The molecule has 0 amide bonds. The Bertz CT molecular complexity index is 4480. The highest BCUT2D eigenvalue weighted by atomic mass is 14.9. The fourth-order valence-corrected chi connectivity index (χ4v) is 14.6. The Morgan fingerprint density at radius 1 is 0.275 bits per heavy atom. The molecule has 2 heteroatoms. The molecular formula is C67H42N2. The van der Waals surface area contributed by atoms with Crippen LogP contribution in [0.1, 0.15) is 36.8 Å². The largest absolute Gasteiger partial charge is 0.307 e. The Labute approximate surface area is 397 Å². The molecule has 1 saturated carbocycles. The van der Waals surface area contributed by atoms with Crippen LogP contribution in [-0.4, -0.2) is 8.80 Å². The summed E-state index contributed by atoms with van der Waals surface area (Å²) in [5, 5.41) is 15.6. The normalized spacial score (nSPS) is 14.6. The van der Waals surface area contributed by atoms with Gasteiger partial charge in [-0.05, 0) is 97.1 Å². The minimum atomic E-state index is -0.00795. The fourth-order valence-electron chi connectivity index (χ4n) is 14.6. The van der Waals surface area contributed by atoms with Gasteiger partial charge in [0.1, 0.15) is 0 Å². The molecule has 0 radical (unpaired) electrons. The van der Waals surface area contributed by atoms with Crippen LogP contribution in [0.15, 0.2) is 206 Å². The summed E-state index contributed by atoms with van der Waals surface area (Å²) in [6, 6.07) is 79.0. The van der Waals surface area contributed by atoms with E-state index in [0.717, 1.165) is 0 Å². The number of hydrogen-bond donors (Lipinski definition) is 0. The van der Waals surface area contributed by atoms with E-state index in [-0.39, 0.29) is 5.41 Å². The first-order valence-corrected chi connectivity index (χ1v) is 24.8. The summed E-state index contributed by atoms with van der Waals surface area (Å²) in [5.74, 6) is 0. The van der Waals surface area contributed by atoms with Crippen molar-refractivity contribution in [2.24, 2.45) is 0 Å². The molecule has 11 aromatic carbocycles. The van der Waals surface area contributed by atoms with Gasteiger partial charge in [0.15, 0.2) is 0 Å². The molecule has 0 atom stereocenters. The number of hydrogen-bond acceptors (Lipinski definition) is 0. The van der Waals surface area contributed by atoms with Gasteiger partial charge in [-0.2, -0.15) is 0 Å². The minimum absolute atomic E-state index is 0.00795. The molecule has 2 aliphatic carbocycles. The van der Waals surface area contributed by atoms with Crippen molar-refractivity contribution in [3.05, 3.63) is 217 Å². The first kappa shape index (κ1) is 36.6. The summed E-state index contributed by atoms with van der Waals surface area (Å²) < 4.78 is 5.13. The van der Waals surface area contributed by atoms with E-state index < -0.39 is 0 Å². The predicted octanol–water partition coefficient (Wildman–Crippen LogP) is 18.1. The van der Waals surface area contributed by atoms with Gasteiger partial charge < -0.3 is 8.80 Å². The van der Waals surface area contributed by atoms with Crippen molar-refractivity contribution in [3.8, 4) is 44.5 Å². The van der Waals surface area contributed by atoms with Crippen LogP contribution in [0, 0.1) is 0 Å². The van der Waals surface area contributed by atoms with Crippen LogP contribution >= 0.6 is 0 Å². The molecule has 2 aliphatic rings. The Hall–Kier alpha value is -8.46. The van der Waals surface area contributed by atoms with E-state index in [1.807, 2.05) is 0 Å². The average molecular weight is 875 g/mol. The molecule has 0 bridgehead atoms. The SMILES string of the molecule is c1ccc2c(c1)-c1cccc(-c3c4cccc(-c5cccc6c7cccc8c9ccccc9n(c56)c87)c4cc4c(-c5cccc6c7cccc8c9ccccc9n(c56)c87)cccc34)c1C21CCCC1. The van der Waals surface area contributed by atoms with Gasteiger partial charge in [-0.15, -0.1) is 0 Å². The molecule has 17 rings (SSSR count). The molecular weight excluding hydrogens is 833 g/mol. The predicted molar refractivity (Wildman–Crippen MR) is 292 cm³/mol. The van der Waals surface area contributed by atoms with Crippen LogP contribution in [-0.2, 0) is 5.41 Å². The number of benzene rings is 11. The highest BCUT2D eigenvalue weighted by molar-refractivity contribution is 6.29. The third-order valence-corrected chi connectivity index (χ3v) is 17.1. The van der Waals surface area contributed by atoms with Crippen LogP contribution in [0.25, 0.3) is 142 Å². The zero-order valence-corrected chi connectivity index (χ0v) is 37.9. The van der Waals surface area contributed by atoms with E-state index in [0.29, 0.717) is 0 Å². The molecule has 4 aromatic heterocycles. The third kappa shape index (κ3) is 4.41. The second-order valence-electron chi connectivity index (χ2n) is 20.1. The zero-order valence-electron chi connectivity index (χ0n) is 37.9. The van der Waals surface area contributed by atoms with E-state index in [2.05, 4.69) is 215 Å². The summed E-state index contributed by atoms with van der Waals surface area (Å²) in [6.07, 6.45) is 4.86. The second kappa shape index (κ2) is 12.9. The maximum atomic E-state index is 2.57. The first-order chi connectivity index (χ1) is 34.3. The molecule has 1 spiro atoms. The van der Waals surface area contributed by atoms with Gasteiger partial charge in [-0.1, -0.05) is 201 Å². The van der Waals surface area contributed by atoms with Crippen LogP contribution in [0.2, 0.25) is 0 Å². The molecule has 15 aromatic rings. The maximum Gasteiger partial charge on any atom is 0.0620 e. The highest BCUT2D eigenvalue weighted by Crippen LogP contribution is 2.60. The van der Waals surface area contributed by atoms with Gasteiger partial charge in [0.25, 0.3) is 0 Å². The van der Waals surface area contributed by atoms with Crippen molar-refractivity contribution in [2.45, 2.75) is 31.1 Å². The van der Waals surface area contributed by atoms with Crippen molar-refractivity contribution in [1.29, 1.82) is 0 Å². The molecule has 1 fully saturated rings. The lowest BCUT2D eigenvalue weighted by molar-refractivity contribution is 0.551. The molecule has 0 N–H and O–H groups in total. The number of aromatic nitrogens is 2. The first-order valence-electron chi connectivity index (χ1n) is 24.8. The zero-order chi connectivity index (χ0) is 44.7. The van der Waals surface area contributed by atoms with Crippen molar-refractivity contribution in [3.63, 3.8) is 0 Å². The number of para-hydroxylation sites is 6. The van der Waals surface area contributed by atoms with E-state index in [1.54, 1.807) is 0 Å². The Kier molecular flexibility index (Phi) is 6.87. The van der Waals surface area contributed by atoms with Gasteiger partial charge >= 0.3 is 0 Å². The molecule has 4 heterocycles. The summed E-state index contributed by atoms with van der Waals surface area (Å²) in [7, 11) is 0. The van der Waals surface area contributed by atoms with Gasteiger partial charge in [0.2, 0.25) is 0 Å². The van der Waals surface area contributed by atoms with Gasteiger partial charge in [0, 0.05) is 59.6 Å². The van der Waals surface area contributed by atoms with Crippen molar-refractivity contribution < 1.29 is 0 Å². The molecule has 0 saturated heterocycles. The standard InChI is InChI=1S/C67H42N2/c1-4-33-58-41(16-1)46-23-11-32-55(62(46)67(58)36-7-8-37-67)61-44-21-9-19-39(47-24-12-28-51-53-30-14-26-49-42-17-2-5-34-59(42)68(63(47)51)65(49)53)56(44)38-57-40(20-10-22-45(57)61)48-25-13-29-52-54-31-15-27-50-43-18-3-6-35-60(43)69(64(48)52)66(50)54/h1-6,9-35,38H,7-8,36-37H2. The third-order valence-electron chi connectivity index (χ3n) is 17.1. The summed E-state index contributed by atoms with van der Waals surface area (Å²) in [6.45, 7) is 0. The van der Waals surface area contributed by atoms with Gasteiger partial charge in [-0.25, -0.2) is 0 Å². The Morgan fingerprint density at radius 3 is 1.22 bits per heavy atom. The van der Waals surface area contributed by atoms with E-state index in [9.17, 15) is 0 Å². The number of rotatable bonds is 3. The van der Waals surface area contributed by atoms with Crippen LogP contribution in [0.5, 0.6) is 0 Å². The van der Waals surface area contributed by atoms with E-state index >= 15 is 0 Å². The van der Waals surface area contributed by atoms with Crippen molar-refractivity contribution >= 4 is 97.7 Å². The summed E-state index contributed by atoms with van der Waals surface area (Å²) in [4.78, 5) is 0. The molecule has 0 aliphatic heterocycles.